The minimum Gasteiger partial charge on any atom is -0.370 e. The molecule has 0 atom stereocenters. The smallest absolute Gasteiger partial charge is 0.269 e. The van der Waals surface area contributed by atoms with Crippen molar-refractivity contribution < 1.29 is 4.92 Å². The lowest BCUT2D eigenvalue weighted by Crippen LogP contribution is -2.22. The van der Waals surface area contributed by atoms with Crippen LogP contribution in [0.15, 0.2) is 59.6 Å². The fourth-order valence-corrected chi connectivity index (χ4v) is 2.09. The third-order valence-corrected chi connectivity index (χ3v) is 3.16. The Labute approximate surface area is 136 Å². The predicted molar refractivity (Wildman–Crippen MR) is 88.9 cm³/mol. The van der Waals surface area contributed by atoms with E-state index >= 15 is 0 Å². The number of hydrogen-bond acceptors (Lipinski definition) is 5. The highest BCUT2D eigenvalue weighted by Gasteiger charge is 2.14. The van der Waals surface area contributed by atoms with E-state index in [0.29, 0.717) is 11.4 Å². The number of non-ortho nitro benzene ring substituents is 1. The first-order valence-corrected chi connectivity index (χ1v) is 6.91. The second-order valence-electron chi connectivity index (χ2n) is 4.82. The van der Waals surface area contributed by atoms with Crippen LogP contribution in [-0.4, -0.2) is 25.6 Å². The maximum atomic E-state index is 10.7. The standard InChI is InChI=1S/C15H13N7O2/c16-14(17)19-15-18-13(10-6-8-12(9-7-10)22(23)24)20-21(15)11-4-2-1-3-5-11/h1-9H,(H4,16,17,18,19,20). The van der Waals surface area contributed by atoms with Gasteiger partial charge in [0.15, 0.2) is 11.8 Å². The average Bonchev–Trinajstić information content (AvgIpc) is 2.99. The van der Waals surface area contributed by atoms with Gasteiger partial charge in [-0.15, -0.1) is 5.10 Å². The van der Waals surface area contributed by atoms with E-state index in [0.717, 1.165) is 5.69 Å². The Morgan fingerprint density at radius 2 is 1.75 bits per heavy atom. The first-order chi connectivity index (χ1) is 11.5. The van der Waals surface area contributed by atoms with Gasteiger partial charge in [0.05, 0.1) is 10.6 Å². The maximum absolute atomic E-state index is 10.7. The van der Waals surface area contributed by atoms with Crippen LogP contribution in [0.4, 0.5) is 11.6 Å². The molecule has 24 heavy (non-hydrogen) atoms. The molecule has 0 unspecified atom stereocenters. The highest BCUT2D eigenvalue weighted by Crippen LogP contribution is 2.24. The van der Waals surface area contributed by atoms with Crippen molar-refractivity contribution in [1.82, 2.24) is 14.8 Å². The van der Waals surface area contributed by atoms with Gasteiger partial charge in [-0.1, -0.05) is 18.2 Å². The SMILES string of the molecule is NC(N)=Nc1nc(-c2ccc([N+](=O)[O-])cc2)nn1-c1ccccc1. The van der Waals surface area contributed by atoms with Crippen LogP contribution < -0.4 is 11.5 Å². The van der Waals surface area contributed by atoms with Crippen LogP contribution in [0.2, 0.25) is 0 Å². The van der Waals surface area contributed by atoms with Gasteiger partial charge < -0.3 is 11.5 Å². The summed E-state index contributed by atoms with van der Waals surface area (Å²) in [7, 11) is 0. The molecule has 3 rings (SSSR count). The highest BCUT2D eigenvalue weighted by molar-refractivity contribution is 5.78. The molecule has 9 nitrogen and oxygen atoms in total. The zero-order valence-electron chi connectivity index (χ0n) is 12.4. The number of benzene rings is 2. The third-order valence-electron chi connectivity index (χ3n) is 3.16. The summed E-state index contributed by atoms with van der Waals surface area (Å²) in [4.78, 5) is 18.6. The van der Waals surface area contributed by atoms with Crippen LogP contribution in [0.25, 0.3) is 17.1 Å². The summed E-state index contributed by atoms with van der Waals surface area (Å²) in [6, 6.07) is 15.2. The lowest BCUT2D eigenvalue weighted by Gasteiger charge is -2.01. The summed E-state index contributed by atoms with van der Waals surface area (Å²) in [5.74, 6) is 0.429. The molecule has 0 amide bonds. The molecule has 1 heterocycles. The van der Waals surface area contributed by atoms with Gasteiger partial charge in [-0.25, -0.2) is 0 Å². The molecule has 0 fully saturated rings. The number of rotatable bonds is 4. The van der Waals surface area contributed by atoms with Gasteiger partial charge in [0.1, 0.15) is 0 Å². The lowest BCUT2D eigenvalue weighted by molar-refractivity contribution is -0.384. The van der Waals surface area contributed by atoms with Crippen LogP contribution in [0, 0.1) is 10.1 Å². The van der Waals surface area contributed by atoms with Crippen molar-refractivity contribution >= 4 is 17.6 Å². The third kappa shape index (κ3) is 3.04. The van der Waals surface area contributed by atoms with Gasteiger partial charge in [-0.05, 0) is 24.3 Å². The molecule has 2 aromatic carbocycles. The number of nitrogens with two attached hydrogens (primary N) is 2. The summed E-state index contributed by atoms with van der Waals surface area (Å²) in [6.45, 7) is 0. The van der Waals surface area contributed by atoms with E-state index < -0.39 is 4.92 Å². The quantitative estimate of drug-likeness (QED) is 0.324. The van der Waals surface area contributed by atoms with Crippen LogP contribution in [-0.2, 0) is 0 Å². The van der Waals surface area contributed by atoms with Crippen molar-refractivity contribution in [2.24, 2.45) is 16.5 Å². The normalized spacial score (nSPS) is 10.3. The summed E-state index contributed by atoms with van der Waals surface area (Å²) >= 11 is 0. The Morgan fingerprint density at radius 1 is 1.08 bits per heavy atom. The first-order valence-electron chi connectivity index (χ1n) is 6.91. The molecule has 9 heteroatoms. The van der Waals surface area contributed by atoms with E-state index in [1.807, 2.05) is 30.3 Å². The molecule has 0 aliphatic heterocycles. The predicted octanol–water partition coefficient (Wildman–Crippen LogP) is 1.75. The minimum atomic E-state index is -0.468. The molecule has 0 spiro atoms. The molecular formula is C15H13N7O2. The van der Waals surface area contributed by atoms with E-state index in [9.17, 15) is 10.1 Å². The number of hydrogen-bond donors (Lipinski definition) is 2. The average molecular weight is 323 g/mol. The van der Waals surface area contributed by atoms with Gasteiger partial charge in [-0.3, -0.25) is 10.1 Å². The van der Waals surface area contributed by atoms with Gasteiger partial charge in [0.25, 0.3) is 11.6 Å². The second-order valence-corrected chi connectivity index (χ2v) is 4.82. The van der Waals surface area contributed by atoms with Crippen molar-refractivity contribution in [2.75, 3.05) is 0 Å². The second kappa shape index (κ2) is 6.16. The summed E-state index contributed by atoms with van der Waals surface area (Å²) < 4.78 is 1.50. The molecule has 1 aromatic heterocycles. The molecule has 0 saturated heterocycles. The Morgan fingerprint density at radius 3 is 2.33 bits per heavy atom. The molecule has 0 aliphatic rings. The zero-order valence-corrected chi connectivity index (χ0v) is 12.4. The van der Waals surface area contributed by atoms with Crippen LogP contribution in [0.1, 0.15) is 0 Å². The molecule has 4 N–H and O–H groups in total. The molecule has 0 aliphatic carbocycles. The fourth-order valence-electron chi connectivity index (χ4n) is 2.09. The van der Waals surface area contributed by atoms with Crippen molar-refractivity contribution in [2.45, 2.75) is 0 Å². The maximum Gasteiger partial charge on any atom is 0.269 e. The number of nitro benzene ring substituents is 1. The molecular weight excluding hydrogens is 310 g/mol. The van der Waals surface area contributed by atoms with Crippen molar-refractivity contribution in [3.63, 3.8) is 0 Å². The topological polar surface area (TPSA) is 138 Å². The van der Waals surface area contributed by atoms with E-state index in [4.69, 9.17) is 11.5 Å². The lowest BCUT2D eigenvalue weighted by atomic mass is 10.2. The largest absolute Gasteiger partial charge is 0.370 e. The summed E-state index contributed by atoms with van der Waals surface area (Å²) in [5.41, 5.74) is 12.2. The number of nitrogens with zero attached hydrogens (tertiary/aromatic N) is 5. The molecule has 3 aromatic rings. The number of guanidine groups is 1. The number of nitro groups is 1. The highest BCUT2D eigenvalue weighted by atomic mass is 16.6. The molecule has 120 valence electrons. The number of para-hydroxylation sites is 1. The molecule has 0 bridgehead atoms. The first kappa shape index (κ1) is 15.2. The van der Waals surface area contributed by atoms with Gasteiger partial charge in [0.2, 0.25) is 0 Å². The number of aromatic nitrogens is 3. The van der Waals surface area contributed by atoms with Crippen molar-refractivity contribution in [3.05, 3.63) is 64.7 Å². The van der Waals surface area contributed by atoms with Crippen LogP contribution >= 0.6 is 0 Å². The van der Waals surface area contributed by atoms with Gasteiger partial charge >= 0.3 is 0 Å². The monoisotopic (exact) mass is 323 g/mol. The van der Waals surface area contributed by atoms with Crippen molar-refractivity contribution in [1.29, 1.82) is 0 Å². The van der Waals surface area contributed by atoms with Gasteiger partial charge in [-0.2, -0.15) is 14.7 Å². The molecule has 0 saturated carbocycles. The van der Waals surface area contributed by atoms with Crippen LogP contribution in [0.3, 0.4) is 0 Å². The Hall–Kier alpha value is -3.75. The van der Waals surface area contributed by atoms with E-state index in [1.165, 1.54) is 16.8 Å². The summed E-state index contributed by atoms with van der Waals surface area (Å²) in [5, 5.41) is 15.1. The van der Waals surface area contributed by atoms with Crippen molar-refractivity contribution in [3.8, 4) is 17.1 Å². The Balaban J connectivity index is 2.08. The van der Waals surface area contributed by atoms with Crippen LogP contribution in [0.5, 0.6) is 0 Å². The Kier molecular flexibility index (Phi) is 3.89. The minimum absolute atomic E-state index is 0.00862. The van der Waals surface area contributed by atoms with Gasteiger partial charge in [0, 0.05) is 17.7 Å². The molecule has 0 radical (unpaired) electrons. The van der Waals surface area contributed by atoms with E-state index in [1.54, 1.807) is 12.1 Å². The van der Waals surface area contributed by atoms with E-state index in [-0.39, 0.29) is 17.6 Å². The Bertz CT molecular complexity index is 897. The summed E-state index contributed by atoms with van der Waals surface area (Å²) in [6.07, 6.45) is 0. The number of aliphatic imine (C=N–C) groups is 1. The van der Waals surface area contributed by atoms with E-state index in [2.05, 4.69) is 15.1 Å². The zero-order chi connectivity index (χ0) is 17.1. The fraction of sp³-hybridized carbons (Fsp3) is 0.